The van der Waals surface area contributed by atoms with Crippen molar-refractivity contribution in [2.24, 2.45) is 0 Å². The lowest BCUT2D eigenvalue weighted by molar-refractivity contribution is 0.0947. The molecule has 7 heteroatoms. The van der Waals surface area contributed by atoms with Crippen LogP contribution in [0.5, 0.6) is 28.7 Å². The zero-order valence-corrected chi connectivity index (χ0v) is 17.5. The summed E-state index contributed by atoms with van der Waals surface area (Å²) < 4.78 is 27.6. The summed E-state index contributed by atoms with van der Waals surface area (Å²) >= 11 is 0. The molecule has 2 aromatic carbocycles. The van der Waals surface area contributed by atoms with E-state index in [1.54, 1.807) is 12.1 Å². The minimum atomic E-state index is -0.292. The lowest BCUT2D eigenvalue weighted by Crippen LogP contribution is -2.24. The summed E-state index contributed by atoms with van der Waals surface area (Å²) in [6, 6.07) is 7.17. The number of fused-ring (bicyclic) bond motifs is 1. The van der Waals surface area contributed by atoms with Gasteiger partial charge < -0.3 is 29.0 Å². The quantitative estimate of drug-likeness (QED) is 0.731. The Labute approximate surface area is 170 Å². The van der Waals surface area contributed by atoms with Crippen LogP contribution in [0.1, 0.15) is 35.3 Å². The maximum absolute atomic E-state index is 12.9. The third-order valence-corrected chi connectivity index (χ3v) is 4.77. The normalized spacial score (nSPS) is 14.6. The standard InChI is InChI=1S/C22H27NO6/c1-6-28-17-8-14-7-13(2)29-18(14)9-15(17)12-23-22(24)16-10-20(26-4)21(27-5)11-19(16)25-3/h8-11,13H,6-7,12H2,1-5H3,(H,23,24)/t13-/m1/s1. The number of amides is 1. The Morgan fingerprint density at radius 2 is 1.72 bits per heavy atom. The van der Waals surface area contributed by atoms with Crippen molar-refractivity contribution in [3.8, 4) is 28.7 Å². The number of ether oxygens (including phenoxy) is 5. The first-order valence-corrected chi connectivity index (χ1v) is 9.54. The largest absolute Gasteiger partial charge is 0.496 e. The van der Waals surface area contributed by atoms with Gasteiger partial charge in [-0.2, -0.15) is 0 Å². The summed E-state index contributed by atoms with van der Waals surface area (Å²) in [4.78, 5) is 12.9. The molecular formula is C22H27NO6. The Morgan fingerprint density at radius 1 is 1.03 bits per heavy atom. The van der Waals surface area contributed by atoms with Crippen LogP contribution in [0, 0.1) is 0 Å². The predicted octanol–water partition coefficient (Wildman–Crippen LogP) is 3.36. The molecule has 0 saturated carbocycles. The van der Waals surface area contributed by atoms with E-state index in [2.05, 4.69) is 5.32 Å². The minimum Gasteiger partial charge on any atom is -0.496 e. The monoisotopic (exact) mass is 401 g/mol. The van der Waals surface area contributed by atoms with Crippen molar-refractivity contribution in [2.45, 2.75) is 32.9 Å². The lowest BCUT2D eigenvalue weighted by Gasteiger charge is -2.16. The van der Waals surface area contributed by atoms with Crippen molar-refractivity contribution in [3.63, 3.8) is 0 Å². The number of hydrogen-bond donors (Lipinski definition) is 1. The number of nitrogens with one attached hydrogen (secondary N) is 1. The van der Waals surface area contributed by atoms with Crippen LogP contribution in [0.3, 0.4) is 0 Å². The zero-order chi connectivity index (χ0) is 21.0. The summed E-state index contributed by atoms with van der Waals surface area (Å²) in [5, 5.41) is 2.93. The first-order chi connectivity index (χ1) is 14.0. The van der Waals surface area contributed by atoms with E-state index in [1.165, 1.54) is 21.3 Å². The van der Waals surface area contributed by atoms with Crippen molar-refractivity contribution in [1.29, 1.82) is 0 Å². The second-order valence-electron chi connectivity index (χ2n) is 6.72. The van der Waals surface area contributed by atoms with Gasteiger partial charge in [0.05, 0.1) is 33.5 Å². The molecule has 0 fully saturated rings. The predicted molar refractivity (Wildman–Crippen MR) is 109 cm³/mol. The number of hydrogen-bond acceptors (Lipinski definition) is 6. The molecule has 1 aliphatic heterocycles. The fourth-order valence-corrected chi connectivity index (χ4v) is 3.39. The van der Waals surface area contributed by atoms with Crippen LogP contribution in [0.2, 0.25) is 0 Å². The number of methoxy groups -OCH3 is 3. The minimum absolute atomic E-state index is 0.139. The SMILES string of the molecule is CCOc1cc2c(cc1CNC(=O)c1cc(OC)c(OC)cc1OC)O[C@H](C)C2. The fourth-order valence-electron chi connectivity index (χ4n) is 3.39. The van der Waals surface area contributed by atoms with Gasteiger partial charge in [0.15, 0.2) is 11.5 Å². The zero-order valence-electron chi connectivity index (χ0n) is 17.5. The Balaban J connectivity index is 1.83. The molecular weight excluding hydrogens is 374 g/mol. The van der Waals surface area contributed by atoms with Crippen molar-refractivity contribution in [1.82, 2.24) is 5.32 Å². The molecule has 1 atom stereocenters. The van der Waals surface area contributed by atoms with Gasteiger partial charge in [-0.15, -0.1) is 0 Å². The highest BCUT2D eigenvalue weighted by Gasteiger charge is 2.23. The molecule has 1 aliphatic rings. The molecule has 0 aromatic heterocycles. The van der Waals surface area contributed by atoms with Gasteiger partial charge in [-0.25, -0.2) is 0 Å². The van der Waals surface area contributed by atoms with Crippen LogP contribution in [0.15, 0.2) is 24.3 Å². The van der Waals surface area contributed by atoms with Crippen molar-refractivity contribution < 1.29 is 28.5 Å². The van der Waals surface area contributed by atoms with E-state index < -0.39 is 0 Å². The fraction of sp³-hybridized carbons (Fsp3) is 0.409. The summed E-state index contributed by atoms with van der Waals surface area (Å²) in [5.74, 6) is 2.64. The van der Waals surface area contributed by atoms with Crippen LogP contribution in [-0.2, 0) is 13.0 Å². The average molecular weight is 401 g/mol. The third kappa shape index (κ3) is 4.34. The summed E-state index contributed by atoms with van der Waals surface area (Å²) in [7, 11) is 4.55. The Hall–Kier alpha value is -3.09. The van der Waals surface area contributed by atoms with Crippen LogP contribution in [0.4, 0.5) is 0 Å². The van der Waals surface area contributed by atoms with Gasteiger partial charge >= 0.3 is 0 Å². The maximum atomic E-state index is 12.9. The molecule has 7 nitrogen and oxygen atoms in total. The average Bonchev–Trinajstić information content (AvgIpc) is 3.09. The summed E-state index contributed by atoms with van der Waals surface area (Å²) in [6.07, 6.45) is 0.991. The smallest absolute Gasteiger partial charge is 0.255 e. The molecule has 0 unspecified atom stereocenters. The highest BCUT2D eigenvalue weighted by atomic mass is 16.5. The molecule has 1 heterocycles. The van der Waals surface area contributed by atoms with Crippen LogP contribution < -0.4 is 29.0 Å². The Kier molecular flexibility index (Phi) is 6.36. The Bertz CT molecular complexity index is 895. The lowest BCUT2D eigenvalue weighted by atomic mass is 10.1. The number of rotatable bonds is 8. The maximum Gasteiger partial charge on any atom is 0.255 e. The molecule has 1 N–H and O–H groups in total. The number of carbonyl (C=O) groups is 1. The van der Waals surface area contributed by atoms with Gasteiger partial charge in [0.1, 0.15) is 23.4 Å². The molecule has 0 bridgehead atoms. The van der Waals surface area contributed by atoms with E-state index in [9.17, 15) is 4.79 Å². The first-order valence-electron chi connectivity index (χ1n) is 9.54. The van der Waals surface area contributed by atoms with Crippen molar-refractivity contribution in [2.75, 3.05) is 27.9 Å². The van der Waals surface area contributed by atoms with Gasteiger partial charge in [-0.05, 0) is 26.0 Å². The summed E-state index contributed by atoms with van der Waals surface area (Å²) in [6.45, 7) is 4.80. The van der Waals surface area contributed by atoms with Gasteiger partial charge in [-0.3, -0.25) is 4.79 Å². The van der Waals surface area contributed by atoms with E-state index in [1.807, 2.05) is 26.0 Å². The van der Waals surface area contributed by atoms with Crippen LogP contribution >= 0.6 is 0 Å². The molecule has 0 spiro atoms. The molecule has 0 saturated heterocycles. The van der Waals surface area contributed by atoms with Crippen LogP contribution in [0.25, 0.3) is 0 Å². The van der Waals surface area contributed by atoms with Crippen LogP contribution in [-0.4, -0.2) is 39.9 Å². The highest BCUT2D eigenvalue weighted by molar-refractivity contribution is 5.97. The van der Waals surface area contributed by atoms with Crippen molar-refractivity contribution in [3.05, 3.63) is 41.0 Å². The van der Waals surface area contributed by atoms with Gasteiger partial charge in [-0.1, -0.05) is 0 Å². The van der Waals surface area contributed by atoms with Gasteiger partial charge in [0, 0.05) is 36.2 Å². The molecule has 1 amide bonds. The van der Waals surface area contributed by atoms with E-state index in [0.717, 1.165) is 29.0 Å². The van der Waals surface area contributed by atoms with Gasteiger partial charge in [0.25, 0.3) is 5.91 Å². The second-order valence-corrected chi connectivity index (χ2v) is 6.72. The third-order valence-electron chi connectivity index (χ3n) is 4.77. The highest BCUT2D eigenvalue weighted by Crippen LogP contribution is 2.36. The van der Waals surface area contributed by atoms with E-state index in [0.29, 0.717) is 29.4 Å². The summed E-state index contributed by atoms with van der Waals surface area (Å²) in [5.41, 5.74) is 2.33. The van der Waals surface area contributed by atoms with Crippen molar-refractivity contribution >= 4 is 5.91 Å². The topological polar surface area (TPSA) is 75.3 Å². The molecule has 0 aliphatic carbocycles. The van der Waals surface area contributed by atoms with E-state index in [-0.39, 0.29) is 18.6 Å². The van der Waals surface area contributed by atoms with E-state index >= 15 is 0 Å². The first kappa shape index (κ1) is 20.6. The van der Waals surface area contributed by atoms with Gasteiger partial charge in [0.2, 0.25) is 0 Å². The van der Waals surface area contributed by atoms with E-state index in [4.69, 9.17) is 23.7 Å². The number of carbonyl (C=O) groups excluding carboxylic acids is 1. The second kappa shape index (κ2) is 8.94. The Morgan fingerprint density at radius 3 is 2.38 bits per heavy atom. The molecule has 3 rings (SSSR count). The number of benzene rings is 2. The molecule has 29 heavy (non-hydrogen) atoms. The molecule has 0 radical (unpaired) electrons. The molecule has 2 aromatic rings. The molecule has 156 valence electrons.